The highest BCUT2D eigenvalue weighted by molar-refractivity contribution is 5.97. The fourth-order valence-electron chi connectivity index (χ4n) is 2.45. The van der Waals surface area contributed by atoms with E-state index in [2.05, 4.69) is 16.5 Å². The Labute approximate surface area is 123 Å². The summed E-state index contributed by atoms with van der Waals surface area (Å²) in [5.74, 6) is 0. The van der Waals surface area contributed by atoms with Gasteiger partial charge in [0, 0.05) is 41.9 Å². The van der Waals surface area contributed by atoms with Crippen molar-refractivity contribution in [2.75, 3.05) is 11.9 Å². The van der Waals surface area contributed by atoms with E-state index in [4.69, 9.17) is 5.26 Å². The number of hydrogen-bond acceptors (Lipinski definition) is 3. The highest BCUT2D eigenvalue weighted by Crippen LogP contribution is 2.26. The van der Waals surface area contributed by atoms with Crippen molar-refractivity contribution in [3.05, 3.63) is 60.4 Å². The van der Waals surface area contributed by atoms with Crippen LogP contribution >= 0.6 is 0 Å². The summed E-state index contributed by atoms with van der Waals surface area (Å²) in [6, 6.07) is 16.0. The third kappa shape index (κ3) is 2.87. The van der Waals surface area contributed by atoms with Gasteiger partial charge in [0.1, 0.15) is 0 Å². The minimum atomic E-state index is 0.715. The Morgan fingerprint density at radius 2 is 1.95 bits per heavy atom. The second-order valence-corrected chi connectivity index (χ2v) is 4.87. The zero-order chi connectivity index (χ0) is 14.5. The maximum Gasteiger partial charge on any atom is 0.0998 e. The monoisotopic (exact) mass is 276 g/mol. The van der Waals surface area contributed by atoms with Crippen LogP contribution in [0.15, 0.2) is 54.9 Å². The van der Waals surface area contributed by atoms with Crippen LogP contribution < -0.4 is 5.32 Å². The molecule has 104 valence electrons. The van der Waals surface area contributed by atoms with Gasteiger partial charge in [-0.25, -0.2) is 0 Å². The van der Waals surface area contributed by atoms with Crippen LogP contribution in [0.25, 0.3) is 10.8 Å². The average molecular weight is 276 g/mol. The maximum atomic E-state index is 9.17. The number of nitrogens with zero attached hydrogens (tertiary/aromatic N) is 3. The summed E-state index contributed by atoms with van der Waals surface area (Å²) >= 11 is 0. The molecule has 0 aliphatic rings. The van der Waals surface area contributed by atoms with E-state index in [1.165, 1.54) is 0 Å². The minimum Gasteiger partial charge on any atom is -0.384 e. The van der Waals surface area contributed by atoms with E-state index in [0.29, 0.717) is 5.56 Å². The quantitative estimate of drug-likeness (QED) is 0.726. The molecule has 1 aromatic heterocycles. The number of fused-ring (bicyclic) bond motifs is 1. The Kier molecular flexibility index (Phi) is 3.83. The Hall–Kier alpha value is -2.80. The summed E-state index contributed by atoms with van der Waals surface area (Å²) in [5, 5.41) is 18.9. The van der Waals surface area contributed by atoms with Crippen LogP contribution in [-0.2, 0) is 6.54 Å². The van der Waals surface area contributed by atoms with Gasteiger partial charge in [-0.1, -0.05) is 24.3 Å². The summed E-state index contributed by atoms with van der Waals surface area (Å²) in [6.45, 7) is 1.77. The predicted octanol–water partition coefficient (Wildman–Crippen LogP) is 3.41. The summed E-state index contributed by atoms with van der Waals surface area (Å²) in [4.78, 5) is 0. The number of aromatic nitrogens is 2. The van der Waals surface area contributed by atoms with E-state index in [0.717, 1.165) is 36.0 Å². The molecule has 0 radical (unpaired) electrons. The molecule has 0 spiro atoms. The molecule has 0 aliphatic carbocycles. The second kappa shape index (κ2) is 6.10. The van der Waals surface area contributed by atoms with E-state index in [1.54, 1.807) is 6.20 Å². The van der Waals surface area contributed by atoms with Crippen molar-refractivity contribution < 1.29 is 0 Å². The summed E-state index contributed by atoms with van der Waals surface area (Å²) in [5.41, 5.74) is 1.79. The van der Waals surface area contributed by atoms with Gasteiger partial charge in [0.05, 0.1) is 11.6 Å². The Bertz CT molecular complexity index is 769. The molecule has 0 bridgehead atoms. The molecular weight excluding hydrogens is 260 g/mol. The van der Waals surface area contributed by atoms with Crippen LogP contribution in [0.5, 0.6) is 0 Å². The topological polar surface area (TPSA) is 53.6 Å². The Morgan fingerprint density at radius 1 is 1.10 bits per heavy atom. The lowest BCUT2D eigenvalue weighted by Gasteiger charge is -2.10. The first-order chi connectivity index (χ1) is 10.4. The number of hydrogen-bond donors (Lipinski definition) is 1. The van der Waals surface area contributed by atoms with Gasteiger partial charge in [-0.2, -0.15) is 10.4 Å². The van der Waals surface area contributed by atoms with Crippen molar-refractivity contribution in [1.82, 2.24) is 9.78 Å². The zero-order valence-electron chi connectivity index (χ0n) is 11.7. The normalized spacial score (nSPS) is 10.4. The maximum absolute atomic E-state index is 9.17. The van der Waals surface area contributed by atoms with Gasteiger partial charge < -0.3 is 5.32 Å². The van der Waals surface area contributed by atoms with Crippen molar-refractivity contribution in [2.24, 2.45) is 0 Å². The van der Waals surface area contributed by atoms with Crippen LogP contribution in [0.1, 0.15) is 12.0 Å². The van der Waals surface area contributed by atoms with Gasteiger partial charge >= 0.3 is 0 Å². The average Bonchev–Trinajstić information content (AvgIpc) is 3.05. The predicted molar refractivity (Wildman–Crippen MR) is 84.0 cm³/mol. The Morgan fingerprint density at radius 3 is 2.71 bits per heavy atom. The molecular formula is C17H16N4. The summed E-state index contributed by atoms with van der Waals surface area (Å²) in [6.07, 6.45) is 4.76. The van der Waals surface area contributed by atoms with Gasteiger partial charge in [-0.05, 0) is 24.6 Å². The van der Waals surface area contributed by atoms with Crippen molar-refractivity contribution in [2.45, 2.75) is 13.0 Å². The van der Waals surface area contributed by atoms with Crippen molar-refractivity contribution >= 4 is 16.5 Å². The minimum absolute atomic E-state index is 0.715. The molecule has 0 saturated carbocycles. The number of nitrogens with one attached hydrogen (secondary N) is 1. The fourth-order valence-corrected chi connectivity index (χ4v) is 2.45. The van der Waals surface area contributed by atoms with E-state index >= 15 is 0 Å². The first-order valence-electron chi connectivity index (χ1n) is 7.01. The molecule has 0 amide bonds. The molecule has 1 N–H and O–H groups in total. The first kappa shape index (κ1) is 13.2. The van der Waals surface area contributed by atoms with Gasteiger partial charge in [0.2, 0.25) is 0 Å². The summed E-state index contributed by atoms with van der Waals surface area (Å²) in [7, 11) is 0. The Balaban J connectivity index is 1.71. The van der Waals surface area contributed by atoms with Gasteiger partial charge in [-0.3, -0.25) is 4.68 Å². The highest BCUT2D eigenvalue weighted by Gasteiger charge is 2.04. The second-order valence-electron chi connectivity index (χ2n) is 4.87. The molecule has 0 aliphatic heterocycles. The van der Waals surface area contributed by atoms with Crippen LogP contribution in [0, 0.1) is 11.3 Å². The van der Waals surface area contributed by atoms with E-state index in [1.807, 2.05) is 53.3 Å². The number of anilines is 1. The largest absolute Gasteiger partial charge is 0.384 e. The highest BCUT2D eigenvalue weighted by atomic mass is 15.3. The number of nitriles is 1. The SMILES string of the molecule is N#Cc1ccc(NCCCn2cccn2)c2ccccc12. The van der Waals surface area contributed by atoms with E-state index < -0.39 is 0 Å². The number of benzene rings is 2. The number of rotatable bonds is 5. The molecule has 4 nitrogen and oxygen atoms in total. The molecule has 0 fully saturated rings. The fraction of sp³-hybridized carbons (Fsp3) is 0.176. The molecule has 1 heterocycles. The molecule has 0 saturated heterocycles. The summed E-state index contributed by atoms with van der Waals surface area (Å²) < 4.78 is 1.93. The van der Waals surface area contributed by atoms with Crippen LogP contribution in [0.4, 0.5) is 5.69 Å². The standard InChI is InChI=1S/C17H16N4/c18-13-14-7-8-17(16-6-2-1-5-15(14)16)19-9-3-11-21-12-4-10-20-21/h1-2,4-8,10,12,19H,3,9,11H2. The molecule has 3 rings (SSSR count). The molecule has 0 unspecified atom stereocenters. The van der Waals surface area contributed by atoms with Gasteiger partial charge in [0.25, 0.3) is 0 Å². The van der Waals surface area contributed by atoms with Crippen LogP contribution in [0.2, 0.25) is 0 Å². The molecule has 3 aromatic rings. The lowest BCUT2D eigenvalue weighted by molar-refractivity contribution is 0.592. The zero-order valence-corrected chi connectivity index (χ0v) is 11.7. The van der Waals surface area contributed by atoms with Crippen molar-refractivity contribution in [3.8, 4) is 6.07 Å². The smallest absolute Gasteiger partial charge is 0.0998 e. The third-order valence-electron chi connectivity index (χ3n) is 3.48. The molecule has 4 heteroatoms. The van der Waals surface area contributed by atoms with Crippen molar-refractivity contribution in [3.63, 3.8) is 0 Å². The third-order valence-corrected chi connectivity index (χ3v) is 3.48. The molecule has 21 heavy (non-hydrogen) atoms. The van der Waals surface area contributed by atoms with Crippen LogP contribution in [-0.4, -0.2) is 16.3 Å². The van der Waals surface area contributed by atoms with E-state index in [-0.39, 0.29) is 0 Å². The van der Waals surface area contributed by atoms with Gasteiger partial charge in [-0.15, -0.1) is 0 Å². The molecule has 0 atom stereocenters. The molecule has 2 aromatic carbocycles. The van der Waals surface area contributed by atoms with E-state index in [9.17, 15) is 0 Å². The lowest BCUT2D eigenvalue weighted by atomic mass is 10.0. The van der Waals surface area contributed by atoms with Gasteiger partial charge in [0.15, 0.2) is 0 Å². The van der Waals surface area contributed by atoms with Crippen molar-refractivity contribution in [1.29, 1.82) is 5.26 Å². The lowest BCUT2D eigenvalue weighted by Crippen LogP contribution is -2.07. The first-order valence-corrected chi connectivity index (χ1v) is 7.01. The number of aryl methyl sites for hydroxylation is 1. The van der Waals surface area contributed by atoms with Crippen LogP contribution in [0.3, 0.4) is 0 Å².